The molecule has 0 aliphatic heterocycles. The van der Waals surface area contributed by atoms with Gasteiger partial charge in [0, 0.05) is 25.2 Å². The Balaban J connectivity index is 0.00000110. The smallest absolute Gasteiger partial charge is 0.159 e. The van der Waals surface area contributed by atoms with E-state index in [-0.39, 0.29) is 5.78 Å². The topological polar surface area (TPSA) is 23.6 Å². The summed E-state index contributed by atoms with van der Waals surface area (Å²) < 4.78 is 0. The summed E-state index contributed by atoms with van der Waals surface area (Å²) in [5, 5.41) is 0. The third-order valence-corrected chi connectivity index (χ3v) is 2.74. The number of benzene rings is 1. The minimum atomic E-state index is 0.123. The van der Waals surface area contributed by atoms with Crippen molar-refractivity contribution in [3.63, 3.8) is 0 Å². The Morgan fingerprint density at radius 3 is 2.05 bits per heavy atom. The van der Waals surface area contributed by atoms with Crippen LogP contribution in [0.15, 0.2) is 36.9 Å². The van der Waals surface area contributed by atoms with Gasteiger partial charge in [-0.15, -0.1) is 6.58 Å². The Morgan fingerprint density at radius 1 is 1.15 bits per heavy atom. The Morgan fingerprint density at radius 2 is 1.65 bits per heavy atom. The van der Waals surface area contributed by atoms with E-state index in [2.05, 4.69) is 37.5 Å². The zero-order valence-electron chi connectivity index (χ0n) is 13.5. The number of ketones is 1. The molecular formula is C17H28N2O. The third-order valence-electron chi connectivity index (χ3n) is 2.74. The van der Waals surface area contributed by atoms with Crippen LogP contribution in [-0.2, 0) is 6.54 Å². The molecule has 3 nitrogen and oxygen atoms in total. The number of nitrogens with zero attached hydrogens (tertiary/aromatic N) is 2. The molecule has 0 radical (unpaired) electrons. The van der Waals surface area contributed by atoms with Crippen molar-refractivity contribution < 1.29 is 4.79 Å². The maximum atomic E-state index is 11.1. The summed E-state index contributed by atoms with van der Waals surface area (Å²) in [4.78, 5) is 15.6. The Bertz CT molecular complexity index is 396. The summed E-state index contributed by atoms with van der Waals surface area (Å²) in [7, 11) is 6.27. The molecule has 3 heteroatoms. The molecule has 0 unspecified atom stereocenters. The summed E-state index contributed by atoms with van der Waals surface area (Å²) >= 11 is 0. The number of hydrogen-bond donors (Lipinski definition) is 0. The standard InChI is InChI=1S/C14H22N2O.C3H6/c1-12(17)14-7-5-13(6-8-14)11-16(4)10-9-15(2)3;1-3-2/h5-8H,9-11H2,1-4H3;3H,1H2,2H3. The largest absolute Gasteiger partial charge is 0.308 e. The average molecular weight is 276 g/mol. The summed E-state index contributed by atoms with van der Waals surface area (Å²) in [6.45, 7) is 9.87. The zero-order valence-corrected chi connectivity index (χ0v) is 13.5. The molecule has 0 atom stereocenters. The molecule has 0 aliphatic rings. The fraction of sp³-hybridized carbons (Fsp3) is 0.471. The summed E-state index contributed by atoms with van der Waals surface area (Å²) in [5.74, 6) is 0.123. The average Bonchev–Trinajstić information content (AvgIpc) is 2.38. The van der Waals surface area contributed by atoms with E-state index < -0.39 is 0 Å². The minimum Gasteiger partial charge on any atom is -0.308 e. The highest BCUT2D eigenvalue weighted by Crippen LogP contribution is 2.07. The predicted octanol–water partition coefficient (Wildman–Crippen LogP) is 3.07. The first-order chi connectivity index (χ1) is 9.40. The van der Waals surface area contributed by atoms with E-state index in [1.165, 1.54) is 5.56 Å². The molecule has 0 bridgehead atoms. The molecule has 1 aromatic carbocycles. The second-order valence-corrected chi connectivity index (χ2v) is 5.20. The van der Waals surface area contributed by atoms with Gasteiger partial charge < -0.3 is 9.80 Å². The molecule has 0 fully saturated rings. The highest BCUT2D eigenvalue weighted by molar-refractivity contribution is 5.93. The van der Waals surface area contributed by atoms with Crippen molar-refractivity contribution in [2.24, 2.45) is 0 Å². The van der Waals surface area contributed by atoms with E-state index in [1.807, 2.05) is 31.2 Å². The van der Waals surface area contributed by atoms with Crippen LogP contribution in [0.3, 0.4) is 0 Å². The molecule has 0 saturated carbocycles. The van der Waals surface area contributed by atoms with Crippen molar-refractivity contribution in [3.8, 4) is 0 Å². The van der Waals surface area contributed by atoms with Crippen LogP contribution in [-0.4, -0.2) is 49.8 Å². The number of likely N-dealkylation sites (N-methyl/N-ethyl adjacent to an activating group) is 2. The summed E-state index contributed by atoms with van der Waals surface area (Å²) in [6.07, 6.45) is 1.75. The number of allylic oxidation sites excluding steroid dienone is 1. The highest BCUT2D eigenvalue weighted by Gasteiger charge is 2.02. The molecule has 0 aliphatic carbocycles. The van der Waals surface area contributed by atoms with Crippen LogP contribution in [0, 0.1) is 0 Å². The molecule has 0 amide bonds. The van der Waals surface area contributed by atoms with E-state index in [0.29, 0.717) is 0 Å². The van der Waals surface area contributed by atoms with Gasteiger partial charge in [-0.25, -0.2) is 0 Å². The maximum absolute atomic E-state index is 11.1. The fourth-order valence-electron chi connectivity index (χ4n) is 1.61. The van der Waals surface area contributed by atoms with Crippen molar-refractivity contribution in [2.45, 2.75) is 20.4 Å². The molecule has 20 heavy (non-hydrogen) atoms. The van der Waals surface area contributed by atoms with Gasteiger partial charge in [0.25, 0.3) is 0 Å². The lowest BCUT2D eigenvalue weighted by molar-refractivity contribution is 0.101. The lowest BCUT2D eigenvalue weighted by atomic mass is 10.1. The minimum absolute atomic E-state index is 0.123. The highest BCUT2D eigenvalue weighted by atomic mass is 16.1. The van der Waals surface area contributed by atoms with Crippen molar-refractivity contribution in [3.05, 3.63) is 48.0 Å². The number of rotatable bonds is 6. The predicted molar refractivity (Wildman–Crippen MR) is 87.2 cm³/mol. The van der Waals surface area contributed by atoms with Crippen LogP contribution >= 0.6 is 0 Å². The first-order valence-corrected chi connectivity index (χ1v) is 6.90. The van der Waals surface area contributed by atoms with Crippen molar-refractivity contribution in [1.29, 1.82) is 0 Å². The van der Waals surface area contributed by atoms with Gasteiger partial charge in [-0.05, 0) is 40.6 Å². The van der Waals surface area contributed by atoms with Crippen LogP contribution in [0.25, 0.3) is 0 Å². The van der Waals surface area contributed by atoms with Crippen molar-refractivity contribution in [2.75, 3.05) is 34.2 Å². The Kier molecular flexibility index (Phi) is 9.60. The van der Waals surface area contributed by atoms with Gasteiger partial charge >= 0.3 is 0 Å². The van der Waals surface area contributed by atoms with Gasteiger partial charge in [-0.1, -0.05) is 30.3 Å². The van der Waals surface area contributed by atoms with E-state index >= 15 is 0 Å². The van der Waals surface area contributed by atoms with Crippen LogP contribution < -0.4 is 0 Å². The van der Waals surface area contributed by atoms with Gasteiger partial charge in [-0.2, -0.15) is 0 Å². The van der Waals surface area contributed by atoms with Crippen LogP contribution in [0.5, 0.6) is 0 Å². The van der Waals surface area contributed by atoms with E-state index in [4.69, 9.17) is 0 Å². The number of hydrogen-bond acceptors (Lipinski definition) is 3. The normalized spacial score (nSPS) is 10.2. The molecule has 0 aromatic heterocycles. The van der Waals surface area contributed by atoms with E-state index in [0.717, 1.165) is 25.2 Å². The van der Waals surface area contributed by atoms with E-state index in [1.54, 1.807) is 13.0 Å². The van der Waals surface area contributed by atoms with Gasteiger partial charge in [0.1, 0.15) is 0 Å². The van der Waals surface area contributed by atoms with Gasteiger partial charge in [-0.3, -0.25) is 4.79 Å². The Labute approximate surface area is 123 Å². The van der Waals surface area contributed by atoms with Crippen molar-refractivity contribution >= 4 is 5.78 Å². The van der Waals surface area contributed by atoms with E-state index in [9.17, 15) is 4.79 Å². The molecule has 1 rings (SSSR count). The molecular weight excluding hydrogens is 248 g/mol. The fourth-order valence-corrected chi connectivity index (χ4v) is 1.61. The molecule has 1 aromatic rings. The quantitative estimate of drug-likeness (QED) is 0.589. The van der Waals surface area contributed by atoms with Gasteiger partial charge in [0.2, 0.25) is 0 Å². The molecule has 0 spiro atoms. The lowest BCUT2D eigenvalue weighted by Gasteiger charge is -2.19. The maximum Gasteiger partial charge on any atom is 0.159 e. The summed E-state index contributed by atoms with van der Waals surface area (Å²) in [5.41, 5.74) is 2.03. The number of Topliss-reactive ketones (excluding diaryl/α,β-unsaturated/α-hetero) is 1. The monoisotopic (exact) mass is 276 g/mol. The zero-order chi connectivity index (χ0) is 15.5. The SMILES string of the molecule is C=CC.CC(=O)c1ccc(CN(C)CCN(C)C)cc1. The number of carbonyl (C=O) groups is 1. The molecule has 0 N–H and O–H groups in total. The first kappa shape index (κ1) is 18.6. The van der Waals surface area contributed by atoms with Gasteiger partial charge in [0.05, 0.1) is 0 Å². The van der Waals surface area contributed by atoms with Crippen molar-refractivity contribution in [1.82, 2.24) is 9.80 Å². The second kappa shape index (κ2) is 10.4. The Hall–Kier alpha value is -1.45. The second-order valence-electron chi connectivity index (χ2n) is 5.20. The molecule has 0 heterocycles. The van der Waals surface area contributed by atoms with Crippen LogP contribution in [0.1, 0.15) is 29.8 Å². The first-order valence-electron chi connectivity index (χ1n) is 6.90. The van der Waals surface area contributed by atoms with Crippen LogP contribution in [0.2, 0.25) is 0 Å². The molecule has 112 valence electrons. The molecule has 0 saturated heterocycles. The number of carbonyl (C=O) groups excluding carboxylic acids is 1. The van der Waals surface area contributed by atoms with Crippen LogP contribution in [0.4, 0.5) is 0 Å². The van der Waals surface area contributed by atoms with Gasteiger partial charge in [0.15, 0.2) is 5.78 Å². The third kappa shape index (κ3) is 8.62. The lowest BCUT2D eigenvalue weighted by Crippen LogP contribution is -2.28. The summed E-state index contributed by atoms with van der Waals surface area (Å²) in [6, 6.07) is 7.86.